The third-order valence-corrected chi connectivity index (χ3v) is 3.83. The molecule has 4 aromatic rings. The van der Waals surface area contributed by atoms with E-state index in [-0.39, 0.29) is 22.6 Å². The maximum Gasteiger partial charge on any atom is 0.261 e. The average Bonchev–Trinajstić information content (AvgIpc) is 2.93. The summed E-state index contributed by atoms with van der Waals surface area (Å²) in [6, 6.07) is 11.1. The summed E-state index contributed by atoms with van der Waals surface area (Å²) in [5.74, 6) is 0.225. The normalized spacial score (nSPS) is 11.2. The molecule has 0 unspecified atom stereocenters. The van der Waals surface area contributed by atoms with Crippen LogP contribution in [0.15, 0.2) is 52.4 Å². The molecular weight excluding hydrogens is 310 g/mol. The van der Waals surface area contributed by atoms with E-state index in [0.29, 0.717) is 22.1 Å². The van der Waals surface area contributed by atoms with E-state index in [2.05, 4.69) is 15.3 Å². The van der Waals surface area contributed by atoms with Crippen LogP contribution in [0.4, 0.5) is 11.5 Å². The quantitative estimate of drug-likeness (QED) is 0.489. The van der Waals surface area contributed by atoms with E-state index in [1.54, 1.807) is 18.2 Å². The van der Waals surface area contributed by atoms with E-state index >= 15 is 0 Å². The third kappa shape index (κ3) is 1.93. The number of nitrogens with two attached hydrogens (primary N) is 1. The molecule has 8 nitrogen and oxygen atoms in total. The molecular formula is C16H11N5O3. The highest BCUT2D eigenvalue weighted by atomic mass is 16.3. The average molecular weight is 321 g/mol. The first kappa shape index (κ1) is 13.9. The van der Waals surface area contributed by atoms with Crippen molar-refractivity contribution in [3.05, 3.63) is 57.7 Å². The van der Waals surface area contributed by atoms with Gasteiger partial charge in [0.15, 0.2) is 0 Å². The van der Waals surface area contributed by atoms with Gasteiger partial charge in [-0.1, -0.05) is 6.07 Å². The van der Waals surface area contributed by atoms with Gasteiger partial charge in [-0.2, -0.15) is 5.10 Å². The maximum atomic E-state index is 12.4. The molecule has 0 fully saturated rings. The number of aromatic nitrogens is 3. The smallest absolute Gasteiger partial charge is 0.261 e. The van der Waals surface area contributed by atoms with Crippen LogP contribution in [0.25, 0.3) is 27.5 Å². The Hall–Kier alpha value is -3.68. The highest BCUT2D eigenvalue weighted by molar-refractivity contribution is 6.07. The molecule has 0 bridgehead atoms. The molecule has 4 N–H and O–H groups in total. The number of nitrogens with one attached hydrogen (secondary N) is 1. The van der Waals surface area contributed by atoms with Gasteiger partial charge in [-0.05, 0) is 35.5 Å². The molecule has 0 aliphatic heterocycles. The van der Waals surface area contributed by atoms with E-state index in [1.807, 2.05) is 0 Å². The van der Waals surface area contributed by atoms with E-state index in [9.17, 15) is 14.8 Å². The first-order valence-corrected chi connectivity index (χ1v) is 7.05. The summed E-state index contributed by atoms with van der Waals surface area (Å²) < 4.78 is 1.39. The van der Waals surface area contributed by atoms with Gasteiger partial charge in [-0.15, -0.1) is 4.91 Å². The number of aromatic amines is 1. The number of hydrogen-bond acceptors (Lipinski definition) is 6. The van der Waals surface area contributed by atoms with Gasteiger partial charge in [-0.3, -0.25) is 4.79 Å². The third-order valence-electron chi connectivity index (χ3n) is 3.83. The van der Waals surface area contributed by atoms with E-state index in [4.69, 9.17) is 5.73 Å². The number of nitrogens with zero attached hydrogens (tertiary/aromatic N) is 3. The molecule has 2 aromatic carbocycles. The predicted octanol–water partition coefficient (Wildman–Crippen LogP) is 2.55. The van der Waals surface area contributed by atoms with Crippen LogP contribution in [0.3, 0.4) is 0 Å². The summed E-state index contributed by atoms with van der Waals surface area (Å²) in [6.07, 6.45) is 0. The Balaban J connectivity index is 2.11. The van der Waals surface area contributed by atoms with Gasteiger partial charge in [0.1, 0.15) is 28.2 Å². The maximum absolute atomic E-state index is 12.4. The second kappa shape index (κ2) is 4.92. The molecule has 2 heterocycles. The summed E-state index contributed by atoms with van der Waals surface area (Å²) in [4.78, 5) is 25.7. The molecule has 0 atom stereocenters. The first-order valence-electron chi connectivity index (χ1n) is 7.05. The molecule has 0 saturated heterocycles. The van der Waals surface area contributed by atoms with Crippen molar-refractivity contribution in [2.75, 3.05) is 5.73 Å². The predicted molar refractivity (Wildman–Crippen MR) is 90.7 cm³/mol. The fourth-order valence-electron chi connectivity index (χ4n) is 2.75. The van der Waals surface area contributed by atoms with Gasteiger partial charge in [0.25, 0.3) is 5.56 Å². The van der Waals surface area contributed by atoms with Crippen LogP contribution in [0.1, 0.15) is 0 Å². The molecule has 2 aromatic heterocycles. The number of pyridine rings is 1. The van der Waals surface area contributed by atoms with Crippen molar-refractivity contribution < 1.29 is 5.11 Å². The van der Waals surface area contributed by atoms with Gasteiger partial charge in [0, 0.05) is 11.5 Å². The zero-order valence-electron chi connectivity index (χ0n) is 12.2. The zero-order valence-corrected chi connectivity index (χ0v) is 12.2. The second-order valence-electron chi connectivity index (χ2n) is 5.32. The second-order valence-corrected chi connectivity index (χ2v) is 5.32. The number of nitroso groups, excluding NO2 is 1. The number of H-pyrrole nitrogens is 1. The number of phenols is 1. The van der Waals surface area contributed by atoms with Gasteiger partial charge < -0.3 is 15.8 Å². The molecule has 24 heavy (non-hydrogen) atoms. The minimum Gasteiger partial charge on any atom is -0.508 e. The number of nitrogen functional groups attached to an aromatic ring is 1. The Labute approximate surface area is 134 Å². The van der Waals surface area contributed by atoms with Crippen LogP contribution < -0.4 is 11.3 Å². The van der Waals surface area contributed by atoms with Crippen molar-refractivity contribution in [3.63, 3.8) is 0 Å². The molecule has 0 saturated carbocycles. The van der Waals surface area contributed by atoms with Crippen molar-refractivity contribution in [2.45, 2.75) is 0 Å². The van der Waals surface area contributed by atoms with E-state index in [1.165, 1.54) is 28.9 Å². The number of fused-ring (bicyclic) bond motifs is 3. The van der Waals surface area contributed by atoms with Gasteiger partial charge in [0.05, 0.1) is 11.2 Å². The lowest BCUT2D eigenvalue weighted by Gasteiger charge is -2.03. The minimum atomic E-state index is -0.413. The number of rotatable bonds is 2. The lowest BCUT2D eigenvalue weighted by Crippen LogP contribution is -2.08. The fraction of sp³-hybridized carbons (Fsp3) is 0. The lowest BCUT2D eigenvalue weighted by atomic mass is 10.1. The topological polar surface area (TPSA) is 126 Å². The molecule has 0 aliphatic rings. The standard InChI is InChI=1S/C16H11N5O3/c17-15-13-14(19-21(15)9-2-1-3-10(22)7-9)11-5-4-8(20-24)6-12(11)18-16(13)23/h1-7,22H,17H2,(H,18,23). The Morgan fingerprint density at radius 3 is 2.79 bits per heavy atom. The summed E-state index contributed by atoms with van der Waals surface area (Å²) >= 11 is 0. The van der Waals surface area contributed by atoms with Gasteiger partial charge in [0.2, 0.25) is 0 Å². The molecule has 0 radical (unpaired) electrons. The molecule has 8 heteroatoms. The van der Waals surface area contributed by atoms with Crippen LogP contribution in [-0.4, -0.2) is 19.9 Å². The highest BCUT2D eigenvalue weighted by Gasteiger charge is 2.17. The van der Waals surface area contributed by atoms with Crippen LogP contribution in [0, 0.1) is 4.91 Å². The Morgan fingerprint density at radius 1 is 1.21 bits per heavy atom. The number of hydrogen-bond donors (Lipinski definition) is 3. The summed E-state index contributed by atoms with van der Waals surface area (Å²) in [7, 11) is 0. The molecule has 0 spiro atoms. The van der Waals surface area contributed by atoms with Crippen LogP contribution >= 0.6 is 0 Å². The first-order chi connectivity index (χ1) is 11.6. The van der Waals surface area contributed by atoms with E-state index < -0.39 is 5.56 Å². The number of phenolic OH excluding ortho intramolecular Hbond substituents is 1. The van der Waals surface area contributed by atoms with Crippen molar-refractivity contribution >= 4 is 33.3 Å². The fourth-order valence-corrected chi connectivity index (χ4v) is 2.75. The highest BCUT2D eigenvalue weighted by Crippen LogP contribution is 2.29. The monoisotopic (exact) mass is 321 g/mol. The van der Waals surface area contributed by atoms with Crippen molar-refractivity contribution in [3.8, 4) is 11.4 Å². The summed E-state index contributed by atoms with van der Waals surface area (Å²) in [6.45, 7) is 0. The van der Waals surface area contributed by atoms with Gasteiger partial charge >= 0.3 is 0 Å². The van der Waals surface area contributed by atoms with Crippen molar-refractivity contribution in [1.82, 2.24) is 14.8 Å². The van der Waals surface area contributed by atoms with Gasteiger partial charge in [-0.25, -0.2) is 4.68 Å². The van der Waals surface area contributed by atoms with Crippen molar-refractivity contribution in [2.24, 2.45) is 5.18 Å². The molecule has 118 valence electrons. The minimum absolute atomic E-state index is 0.0620. The number of anilines is 1. The van der Waals surface area contributed by atoms with Crippen LogP contribution in [-0.2, 0) is 0 Å². The zero-order chi connectivity index (χ0) is 16.8. The van der Waals surface area contributed by atoms with E-state index in [0.717, 1.165) is 0 Å². The van der Waals surface area contributed by atoms with Crippen molar-refractivity contribution in [1.29, 1.82) is 0 Å². The molecule has 4 rings (SSSR count). The Bertz CT molecular complexity index is 1180. The molecule has 0 amide bonds. The number of benzene rings is 2. The Kier molecular flexibility index (Phi) is 2.86. The van der Waals surface area contributed by atoms with Crippen LogP contribution in [0.2, 0.25) is 0 Å². The van der Waals surface area contributed by atoms with Crippen LogP contribution in [0.5, 0.6) is 5.75 Å². The molecule has 0 aliphatic carbocycles. The summed E-state index contributed by atoms with van der Waals surface area (Å²) in [5, 5.41) is 17.8. The number of aromatic hydroxyl groups is 1. The summed E-state index contributed by atoms with van der Waals surface area (Å²) in [5.41, 5.74) is 7.28. The lowest BCUT2D eigenvalue weighted by molar-refractivity contribution is 0.475. The Morgan fingerprint density at radius 2 is 2.04 bits per heavy atom. The largest absolute Gasteiger partial charge is 0.508 e. The SMILES string of the molecule is Nc1c2c(=O)[nH]c3cc(N=O)ccc3c2nn1-c1cccc(O)c1.